The predicted molar refractivity (Wildman–Crippen MR) is 69.1 cm³/mol. The minimum Gasteiger partial charge on any atom is -0.432 e. The second-order valence-electron chi connectivity index (χ2n) is 4.77. The van der Waals surface area contributed by atoms with Crippen LogP contribution in [0.2, 0.25) is 0 Å². The van der Waals surface area contributed by atoms with Crippen LogP contribution in [0.25, 0.3) is 0 Å². The lowest BCUT2D eigenvalue weighted by Crippen LogP contribution is -2.26. The van der Waals surface area contributed by atoms with Gasteiger partial charge in [-0.2, -0.15) is 4.58 Å². The van der Waals surface area contributed by atoms with E-state index in [1.54, 1.807) is 11.8 Å². The van der Waals surface area contributed by atoms with Crippen molar-refractivity contribution in [2.45, 2.75) is 24.7 Å². The van der Waals surface area contributed by atoms with Crippen LogP contribution in [0.5, 0.6) is 0 Å². The van der Waals surface area contributed by atoms with Gasteiger partial charge < -0.3 is 4.74 Å². The van der Waals surface area contributed by atoms with Gasteiger partial charge in [-0.1, -0.05) is 30.3 Å². The van der Waals surface area contributed by atoms with Gasteiger partial charge in [-0.25, -0.2) is 0 Å². The average Bonchev–Trinajstić information content (AvgIpc) is 2.56. The Kier molecular flexibility index (Phi) is 2.98. The highest BCUT2D eigenvalue weighted by atomic mass is 32.2. The molecular weight excluding hydrogens is 218 g/mol. The van der Waals surface area contributed by atoms with Crippen LogP contribution in [0.15, 0.2) is 30.3 Å². The number of thioether (sulfide) groups is 1. The number of nitrogens with zero attached hydrogens (tertiary/aromatic N) is 1. The van der Waals surface area contributed by atoms with Gasteiger partial charge in [0.25, 0.3) is 0 Å². The fourth-order valence-electron chi connectivity index (χ4n) is 1.84. The number of benzene rings is 1. The summed E-state index contributed by atoms with van der Waals surface area (Å²) in [5.74, 6) is 0. The van der Waals surface area contributed by atoms with Gasteiger partial charge in [0.05, 0.1) is 5.25 Å². The molecule has 86 valence electrons. The Balaban J connectivity index is 2.33. The van der Waals surface area contributed by atoms with Crippen molar-refractivity contribution in [2.24, 2.45) is 0 Å². The molecule has 0 N–H and O–H groups in total. The molecule has 3 heteroatoms. The zero-order chi connectivity index (χ0) is 11.8. The number of ether oxygens (including phenoxy) is 1. The molecule has 16 heavy (non-hydrogen) atoms. The molecule has 0 saturated carbocycles. The van der Waals surface area contributed by atoms with Gasteiger partial charge in [-0.3, -0.25) is 0 Å². The monoisotopic (exact) mass is 236 g/mol. The lowest BCUT2D eigenvalue weighted by Gasteiger charge is -2.23. The van der Waals surface area contributed by atoms with Crippen molar-refractivity contribution in [3.8, 4) is 0 Å². The highest BCUT2D eigenvalue weighted by Gasteiger charge is 2.45. The first-order valence-electron chi connectivity index (χ1n) is 5.45. The fraction of sp³-hybridized carbons (Fsp3) is 0.462. The van der Waals surface area contributed by atoms with Crippen molar-refractivity contribution < 1.29 is 9.31 Å². The Labute approximate surface area is 101 Å². The summed E-state index contributed by atoms with van der Waals surface area (Å²) in [6.45, 7) is 4.29. The number of rotatable bonds is 1. The Hall–Kier alpha value is -0.960. The summed E-state index contributed by atoms with van der Waals surface area (Å²) in [6, 6.07) is 10.6. The van der Waals surface area contributed by atoms with E-state index in [9.17, 15) is 0 Å². The van der Waals surface area contributed by atoms with E-state index in [1.165, 1.54) is 5.56 Å². The summed E-state index contributed by atoms with van der Waals surface area (Å²) < 4.78 is 8.02. The molecule has 1 heterocycles. The summed E-state index contributed by atoms with van der Waals surface area (Å²) in [5.41, 5.74) is 1.18. The molecule has 1 aromatic carbocycles. The Morgan fingerprint density at radius 2 is 1.81 bits per heavy atom. The second kappa shape index (κ2) is 4.13. The maximum atomic E-state index is 5.98. The first-order chi connectivity index (χ1) is 7.50. The standard InChI is InChI=1S/C13H18NOS/c1-13(2)11(10-8-6-5-7-9-10)16-12(15-13)14(3)4/h5-9,11H,1-4H3/q+1. The van der Waals surface area contributed by atoms with E-state index in [1.807, 2.05) is 24.7 Å². The number of hydrogen-bond donors (Lipinski definition) is 0. The van der Waals surface area contributed by atoms with Gasteiger partial charge in [0.2, 0.25) is 0 Å². The van der Waals surface area contributed by atoms with Crippen LogP contribution in [0.1, 0.15) is 24.7 Å². The molecule has 2 nitrogen and oxygen atoms in total. The molecule has 0 radical (unpaired) electrons. The summed E-state index contributed by atoms with van der Waals surface area (Å²) in [7, 11) is 4.04. The lowest BCUT2D eigenvalue weighted by molar-refractivity contribution is -0.471. The molecule has 1 saturated heterocycles. The quantitative estimate of drug-likeness (QED) is 0.695. The van der Waals surface area contributed by atoms with Crippen molar-refractivity contribution in [1.82, 2.24) is 0 Å². The smallest absolute Gasteiger partial charge is 0.401 e. The second-order valence-corrected chi connectivity index (χ2v) is 5.83. The van der Waals surface area contributed by atoms with Gasteiger partial charge in [-0.15, -0.1) is 0 Å². The molecule has 1 aliphatic heterocycles. The van der Waals surface area contributed by atoms with E-state index in [4.69, 9.17) is 4.74 Å². The molecule has 1 aliphatic rings. The SMILES string of the molecule is C[N+](C)=C1OC(C)(C)C(c2ccccc2)S1. The van der Waals surface area contributed by atoms with Crippen molar-refractivity contribution in [3.05, 3.63) is 35.9 Å². The van der Waals surface area contributed by atoms with Crippen LogP contribution in [0.3, 0.4) is 0 Å². The Morgan fingerprint density at radius 1 is 1.19 bits per heavy atom. The van der Waals surface area contributed by atoms with E-state index in [0.29, 0.717) is 5.25 Å². The van der Waals surface area contributed by atoms with E-state index in [2.05, 4.69) is 38.1 Å². The third kappa shape index (κ3) is 2.09. The van der Waals surface area contributed by atoms with Crippen molar-refractivity contribution >= 4 is 17.0 Å². The molecule has 0 aliphatic carbocycles. The molecule has 0 aromatic heterocycles. The highest BCUT2D eigenvalue weighted by Crippen LogP contribution is 2.47. The van der Waals surface area contributed by atoms with Gasteiger partial charge in [0.1, 0.15) is 19.7 Å². The van der Waals surface area contributed by atoms with Crippen molar-refractivity contribution in [2.75, 3.05) is 14.1 Å². The topological polar surface area (TPSA) is 12.2 Å². The van der Waals surface area contributed by atoms with Crippen LogP contribution in [-0.2, 0) is 4.74 Å². The van der Waals surface area contributed by atoms with Gasteiger partial charge in [0.15, 0.2) is 0 Å². The molecule has 1 atom stereocenters. The molecule has 0 bridgehead atoms. The zero-order valence-corrected chi connectivity index (χ0v) is 11.0. The minimum absolute atomic E-state index is 0.147. The maximum Gasteiger partial charge on any atom is 0.401 e. The van der Waals surface area contributed by atoms with E-state index < -0.39 is 0 Å². The summed E-state index contributed by atoms with van der Waals surface area (Å²) in [6.07, 6.45) is 0. The van der Waals surface area contributed by atoms with Gasteiger partial charge in [-0.05, 0) is 31.2 Å². The molecule has 2 rings (SSSR count). The van der Waals surface area contributed by atoms with Gasteiger partial charge in [0, 0.05) is 0 Å². The molecule has 0 amide bonds. The average molecular weight is 236 g/mol. The molecule has 1 unspecified atom stereocenters. The fourth-order valence-corrected chi connectivity index (χ4v) is 3.14. The van der Waals surface area contributed by atoms with Crippen LogP contribution >= 0.6 is 11.8 Å². The molecule has 1 aromatic rings. The van der Waals surface area contributed by atoms with Crippen LogP contribution in [0, 0.1) is 0 Å². The molecular formula is C13H18NOS+. The minimum atomic E-state index is -0.147. The summed E-state index contributed by atoms with van der Waals surface area (Å²) in [4.78, 5) is 0. The maximum absolute atomic E-state index is 5.98. The van der Waals surface area contributed by atoms with Gasteiger partial charge >= 0.3 is 5.23 Å². The largest absolute Gasteiger partial charge is 0.432 e. The lowest BCUT2D eigenvalue weighted by atomic mass is 9.98. The Bertz CT molecular complexity index is 407. The molecule has 0 spiro atoms. The van der Waals surface area contributed by atoms with Crippen LogP contribution in [0.4, 0.5) is 0 Å². The van der Waals surface area contributed by atoms with Crippen molar-refractivity contribution in [1.29, 1.82) is 0 Å². The molecule has 1 fully saturated rings. The van der Waals surface area contributed by atoms with Crippen LogP contribution < -0.4 is 0 Å². The predicted octanol–water partition coefficient (Wildman–Crippen LogP) is 2.90. The Morgan fingerprint density at radius 3 is 2.31 bits per heavy atom. The van der Waals surface area contributed by atoms with Crippen LogP contribution in [-0.4, -0.2) is 29.5 Å². The zero-order valence-electron chi connectivity index (χ0n) is 10.2. The normalized spacial score (nSPS) is 23.0. The highest BCUT2D eigenvalue weighted by molar-refractivity contribution is 8.13. The summed E-state index contributed by atoms with van der Waals surface area (Å²) >= 11 is 1.80. The van der Waals surface area contributed by atoms with Crippen molar-refractivity contribution in [3.63, 3.8) is 0 Å². The third-order valence-corrected chi connectivity index (χ3v) is 4.39. The first kappa shape index (κ1) is 11.5. The summed E-state index contributed by atoms with van der Waals surface area (Å²) in [5, 5.41) is 1.37. The number of hydrogen-bond acceptors (Lipinski definition) is 2. The van der Waals surface area contributed by atoms with E-state index >= 15 is 0 Å². The van der Waals surface area contributed by atoms with E-state index in [0.717, 1.165) is 5.23 Å². The van der Waals surface area contributed by atoms with E-state index in [-0.39, 0.29) is 5.60 Å². The third-order valence-electron chi connectivity index (χ3n) is 2.67. The first-order valence-corrected chi connectivity index (χ1v) is 6.33.